The lowest BCUT2D eigenvalue weighted by Crippen LogP contribution is -2.30. The Bertz CT molecular complexity index is 106. The van der Waals surface area contributed by atoms with E-state index in [-0.39, 0.29) is 12.4 Å². The quantitative estimate of drug-likeness (QED) is 0.657. The number of halogens is 1. The van der Waals surface area contributed by atoms with Crippen molar-refractivity contribution in [3.63, 3.8) is 0 Å². The standard InChI is InChI=1S/C8H15N.ClH/c9-5-6-3-8(4-6)7-1-2-7;/h6-8H,1-5,9H2;1H. The first kappa shape index (κ1) is 8.35. The van der Waals surface area contributed by atoms with Gasteiger partial charge in [0.1, 0.15) is 0 Å². The molecule has 60 valence electrons. The van der Waals surface area contributed by atoms with Crippen LogP contribution in [0.4, 0.5) is 0 Å². The van der Waals surface area contributed by atoms with E-state index in [1.807, 2.05) is 0 Å². The highest BCUT2D eigenvalue weighted by atomic mass is 35.5. The van der Waals surface area contributed by atoms with Crippen LogP contribution in [-0.2, 0) is 0 Å². The summed E-state index contributed by atoms with van der Waals surface area (Å²) in [6, 6.07) is 0. The summed E-state index contributed by atoms with van der Waals surface area (Å²) in [5.74, 6) is 3.13. The predicted octanol–water partition coefficient (Wildman–Crippen LogP) is 1.80. The molecule has 0 amide bonds. The van der Waals surface area contributed by atoms with Gasteiger partial charge in [-0.3, -0.25) is 0 Å². The van der Waals surface area contributed by atoms with E-state index in [4.69, 9.17) is 5.73 Å². The van der Waals surface area contributed by atoms with Crippen LogP contribution in [0.25, 0.3) is 0 Å². The largest absolute Gasteiger partial charge is 0.330 e. The highest BCUT2D eigenvalue weighted by molar-refractivity contribution is 5.85. The van der Waals surface area contributed by atoms with Gasteiger partial charge in [0.15, 0.2) is 0 Å². The summed E-state index contributed by atoms with van der Waals surface area (Å²) in [5, 5.41) is 0. The van der Waals surface area contributed by atoms with E-state index in [1.165, 1.54) is 25.7 Å². The highest BCUT2D eigenvalue weighted by Crippen LogP contribution is 2.48. The van der Waals surface area contributed by atoms with E-state index >= 15 is 0 Å². The Labute approximate surface area is 68.8 Å². The molecule has 0 aliphatic heterocycles. The Morgan fingerprint density at radius 2 is 1.70 bits per heavy atom. The van der Waals surface area contributed by atoms with Gasteiger partial charge in [0, 0.05) is 0 Å². The van der Waals surface area contributed by atoms with Gasteiger partial charge in [-0.15, -0.1) is 12.4 Å². The average molecular weight is 162 g/mol. The molecule has 2 heteroatoms. The maximum absolute atomic E-state index is 5.52. The SMILES string of the molecule is Cl.NCC1CC(C2CC2)C1. The maximum Gasteiger partial charge on any atom is -0.00487 e. The van der Waals surface area contributed by atoms with Gasteiger partial charge >= 0.3 is 0 Å². The Balaban J connectivity index is 0.000000500. The Morgan fingerprint density at radius 1 is 1.10 bits per heavy atom. The van der Waals surface area contributed by atoms with Crippen LogP contribution in [0.3, 0.4) is 0 Å². The third kappa shape index (κ3) is 1.46. The summed E-state index contributed by atoms with van der Waals surface area (Å²) in [6.45, 7) is 0.934. The minimum absolute atomic E-state index is 0. The summed E-state index contributed by atoms with van der Waals surface area (Å²) in [6.07, 6.45) is 5.92. The van der Waals surface area contributed by atoms with Gasteiger partial charge < -0.3 is 5.73 Å². The molecule has 10 heavy (non-hydrogen) atoms. The molecular weight excluding hydrogens is 146 g/mol. The van der Waals surface area contributed by atoms with E-state index in [0.29, 0.717) is 0 Å². The van der Waals surface area contributed by atoms with Crippen molar-refractivity contribution in [2.75, 3.05) is 6.54 Å². The van der Waals surface area contributed by atoms with E-state index < -0.39 is 0 Å². The second kappa shape index (κ2) is 3.10. The lowest BCUT2D eigenvalue weighted by Gasteiger charge is -2.34. The topological polar surface area (TPSA) is 26.0 Å². The van der Waals surface area contributed by atoms with Crippen molar-refractivity contribution in [2.24, 2.45) is 23.5 Å². The molecule has 0 atom stereocenters. The number of nitrogens with two attached hydrogens (primary N) is 1. The molecule has 0 aromatic rings. The first-order chi connectivity index (χ1) is 4.40. The second-order valence-electron chi connectivity index (χ2n) is 3.67. The van der Waals surface area contributed by atoms with Gasteiger partial charge in [0.25, 0.3) is 0 Å². The molecule has 0 bridgehead atoms. The fourth-order valence-electron chi connectivity index (χ4n) is 1.93. The van der Waals surface area contributed by atoms with Crippen molar-refractivity contribution in [2.45, 2.75) is 25.7 Å². The minimum atomic E-state index is 0. The third-order valence-corrected chi connectivity index (χ3v) is 2.89. The van der Waals surface area contributed by atoms with Crippen LogP contribution in [0.2, 0.25) is 0 Å². The number of hydrogen-bond acceptors (Lipinski definition) is 1. The molecule has 0 heterocycles. The first-order valence-electron chi connectivity index (χ1n) is 4.10. The lowest BCUT2D eigenvalue weighted by molar-refractivity contribution is 0.175. The minimum Gasteiger partial charge on any atom is -0.330 e. The third-order valence-electron chi connectivity index (χ3n) is 2.89. The van der Waals surface area contributed by atoms with Crippen LogP contribution >= 0.6 is 12.4 Å². The van der Waals surface area contributed by atoms with Crippen molar-refractivity contribution in [1.29, 1.82) is 0 Å². The molecule has 2 aliphatic rings. The van der Waals surface area contributed by atoms with Gasteiger partial charge in [0.2, 0.25) is 0 Å². The van der Waals surface area contributed by atoms with Crippen molar-refractivity contribution in [1.82, 2.24) is 0 Å². The van der Waals surface area contributed by atoms with Crippen molar-refractivity contribution >= 4 is 12.4 Å². The zero-order valence-corrected chi connectivity index (χ0v) is 7.07. The summed E-state index contributed by atoms with van der Waals surface area (Å²) < 4.78 is 0. The summed E-state index contributed by atoms with van der Waals surface area (Å²) in [5.41, 5.74) is 5.52. The van der Waals surface area contributed by atoms with E-state index in [9.17, 15) is 0 Å². The predicted molar refractivity (Wildman–Crippen MR) is 45.2 cm³/mol. The van der Waals surface area contributed by atoms with E-state index in [0.717, 1.165) is 24.3 Å². The summed E-state index contributed by atoms with van der Waals surface area (Å²) in [4.78, 5) is 0. The van der Waals surface area contributed by atoms with Crippen LogP contribution in [0.15, 0.2) is 0 Å². The summed E-state index contributed by atoms with van der Waals surface area (Å²) in [7, 11) is 0. The fourth-order valence-corrected chi connectivity index (χ4v) is 1.93. The molecular formula is C8H16ClN. The molecule has 2 fully saturated rings. The van der Waals surface area contributed by atoms with Crippen LogP contribution < -0.4 is 5.73 Å². The fraction of sp³-hybridized carbons (Fsp3) is 1.00. The molecule has 0 spiro atoms. The van der Waals surface area contributed by atoms with Gasteiger partial charge in [-0.05, 0) is 50.0 Å². The molecule has 1 nitrogen and oxygen atoms in total. The molecule has 0 aromatic carbocycles. The second-order valence-corrected chi connectivity index (χ2v) is 3.67. The van der Waals surface area contributed by atoms with E-state index in [2.05, 4.69) is 0 Å². The Hall–Kier alpha value is 0.250. The highest BCUT2D eigenvalue weighted by Gasteiger charge is 2.39. The number of hydrogen-bond donors (Lipinski definition) is 1. The molecule has 2 aliphatic carbocycles. The zero-order chi connectivity index (χ0) is 6.27. The van der Waals surface area contributed by atoms with Crippen LogP contribution in [-0.4, -0.2) is 6.54 Å². The molecule has 2 N–H and O–H groups in total. The van der Waals surface area contributed by atoms with Crippen molar-refractivity contribution < 1.29 is 0 Å². The van der Waals surface area contributed by atoms with E-state index in [1.54, 1.807) is 0 Å². The zero-order valence-electron chi connectivity index (χ0n) is 6.25. The van der Waals surface area contributed by atoms with Gasteiger partial charge in [-0.2, -0.15) is 0 Å². The Kier molecular flexibility index (Phi) is 2.59. The molecule has 0 aromatic heterocycles. The monoisotopic (exact) mass is 161 g/mol. The van der Waals surface area contributed by atoms with Crippen molar-refractivity contribution in [3.8, 4) is 0 Å². The smallest absolute Gasteiger partial charge is 0.00487 e. The maximum atomic E-state index is 5.52. The lowest BCUT2D eigenvalue weighted by atomic mass is 9.72. The molecule has 0 saturated heterocycles. The average Bonchev–Trinajstić information content (AvgIpc) is 2.46. The molecule has 0 radical (unpaired) electrons. The number of rotatable bonds is 2. The van der Waals surface area contributed by atoms with Gasteiger partial charge in [-0.1, -0.05) is 0 Å². The molecule has 0 unspecified atom stereocenters. The molecule has 2 rings (SSSR count). The first-order valence-corrected chi connectivity index (χ1v) is 4.10. The summed E-state index contributed by atoms with van der Waals surface area (Å²) >= 11 is 0. The Morgan fingerprint density at radius 3 is 2.10 bits per heavy atom. The van der Waals surface area contributed by atoms with Gasteiger partial charge in [-0.25, -0.2) is 0 Å². The van der Waals surface area contributed by atoms with Crippen molar-refractivity contribution in [3.05, 3.63) is 0 Å². The molecule has 2 saturated carbocycles. The van der Waals surface area contributed by atoms with Crippen LogP contribution in [0, 0.1) is 17.8 Å². The van der Waals surface area contributed by atoms with Gasteiger partial charge in [0.05, 0.1) is 0 Å². The van der Waals surface area contributed by atoms with Crippen LogP contribution in [0.5, 0.6) is 0 Å². The van der Waals surface area contributed by atoms with Crippen LogP contribution in [0.1, 0.15) is 25.7 Å². The normalized spacial score (nSPS) is 38.1.